The van der Waals surface area contributed by atoms with E-state index < -0.39 is 49.4 Å². The van der Waals surface area contributed by atoms with Gasteiger partial charge in [-0.2, -0.15) is 35.1 Å². The number of hydrogen-bond acceptors (Lipinski definition) is 2. The SMILES string of the molecule is O=S(=O)(c1ccc(C2=CC3(C=C2c2ccc(C(F)(F)F)c(C(F)(F)F)c2)CC3)cc1)C(F)F. The molecule has 2 aromatic carbocycles. The zero-order chi connectivity index (χ0) is 24.4. The molecular weight excluding hydrogens is 480 g/mol. The first-order valence-electron chi connectivity index (χ1n) is 9.51. The van der Waals surface area contributed by atoms with Crippen LogP contribution in [0.3, 0.4) is 0 Å². The Balaban J connectivity index is 1.79. The van der Waals surface area contributed by atoms with Gasteiger partial charge in [0.05, 0.1) is 16.0 Å². The molecule has 0 atom stereocenters. The van der Waals surface area contributed by atoms with E-state index in [0.29, 0.717) is 36.1 Å². The molecule has 0 aliphatic heterocycles. The molecule has 0 radical (unpaired) electrons. The average Bonchev–Trinajstić information content (AvgIpc) is 3.36. The van der Waals surface area contributed by atoms with Crippen LogP contribution >= 0.6 is 0 Å². The van der Waals surface area contributed by atoms with Gasteiger partial charge in [0.15, 0.2) is 0 Å². The normalized spacial score (nSPS) is 18.0. The van der Waals surface area contributed by atoms with E-state index in [0.717, 1.165) is 18.2 Å². The molecular formula is C22H14F8O2S. The second-order valence-corrected chi connectivity index (χ2v) is 9.85. The second-order valence-electron chi connectivity index (χ2n) is 7.94. The number of benzene rings is 2. The molecule has 1 fully saturated rings. The van der Waals surface area contributed by atoms with E-state index in [2.05, 4.69) is 0 Å². The van der Waals surface area contributed by atoms with E-state index in [1.165, 1.54) is 12.1 Å². The summed E-state index contributed by atoms with van der Waals surface area (Å²) in [6.07, 6.45) is -5.64. The molecule has 0 saturated heterocycles. The van der Waals surface area contributed by atoms with E-state index in [9.17, 15) is 43.5 Å². The van der Waals surface area contributed by atoms with Crippen molar-refractivity contribution in [3.63, 3.8) is 0 Å². The first kappa shape index (κ1) is 23.5. The molecule has 11 heteroatoms. The summed E-state index contributed by atoms with van der Waals surface area (Å²) in [5, 5.41) is 0. The zero-order valence-electron chi connectivity index (χ0n) is 16.4. The molecule has 1 spiro atoms. The first-order chi connectivity index (χ1) is 15.1. The molecule has 0 amide bonds. The molecule has 4 rings (SSSR count). The van der Waals surface area contributed by atoms with Crippen LogP contribution in [0.5, 0.6) is 0 Å². The minimum atomic E-state index is -5.24. The van der Waals surface area contributed by atoms with Gasteiger partial charge < -0.3 is 0 Å². The Morgan fingerprint density at radius 1 is 0.727 bits per heavy atom. The number of rotatable bonds is 4. The third kappa shape index (κ3) is 4.30. The molecule has 2 aromatic rings. The van der Waals surface area contributed by atoms with E-state index >= 15 is 0 Å². The summed E-state index contributed by atoms with van der Waals surface area (Å²) in [5.41, 5.74) is -3.16. The molecule has 2 aliphatic rings. The lowest BCUT2D eigenvalue weighted by Gasteiger charge is -2.18. The van der Waals surface area contributed by atoms with Crippen molar-refractivity contribution < 1.29 is 43.5 Å². The van der Waals surface area contributed by atoms with Crippen molar-refractivity contribution in [3.05, 3.63) is 76.9 Å². The minimum Gasteiger partial charge on any atom is -0.218 e. The molecule has 176 valence electrons. The molecule has 2 nitrogen and oxygen atoms in total. The fourth-order valence-electron chi connectivity index (χ4n) is 3.80. The molecule has 33 heavy (non-hydrogen) atoms. The van der Waals surface area contributed by atoms with Gasteiger partial charge in [0.2, 0.25) is 9.84 Å². The Morgan fingerprint density at radius 3 is 1.67 bits per heavy atom. The van der Waals surface area contributed by atoms with Gasteiger partial charge in [-0.15, -0.1) is 0 Å². The lowest BCUT2D eigenvalue weighted by atomic mass is 9.92. The van der Waals surface area contributed by atoms with Gasteiger partial charge >= 0.3 is 18.1 Å². The zero-order valence-corrected chi connectivity index (χ0v) is 17.3. The van der Waals surface area contributed by atoms with E-state index in [1.54, 1.807) is 12.2 Å². The summed E-state index contributed by atoms with van der Waals surface area (Å²) in [5.74, 6) is -3.62. The van der Waals surface area contributed by atoms with Crippen LogP contribution in [0.25, 0.3) is 11.1 Å². The van der Waals surface area contributed by atoms with Crippen molar-refractivity contribution in [2.75, 3.05) is 0 Å². The third-order valence-electron chi connectivity index (χ3n) is 5.65. The fraction of sp³-hybridized carbons (Fsp3) is 0.273. The van der Waals surface area contributed by atoms with Crippen molar-refractivity contribution in [2.24, 2.45) is 5.41 Å². The Bertz CT molecular complexity index is 1260. The number of halogens is 8. The highest BCUT2D eigenvalue weighted by molar-refractivity contribution is 7.91. The van der Waals surface area contributed by atoms with Crippen molar-refractivity contribution in [1.29, 1.82) is 0 Å². The van der Waals surface area contributed by atoms with Crippen LogP contribution in [0, 0.1) is 5.41 Å². The maximum absolute atomic E-state index is 13.4. The topological polar surface area (TPSA) is 34.1 Å². The van der Waals surface area contributed by atoms with Gasteiger partial charge in [-0.1, -0.05) is 30.4 Å². The standard InChI is InChI=1S/C22H14F8O2S/c23-19(24)33(31,32)14-4-1-12(2-5-14)15-10-20(7-8-20)11-16(15)13-3-6-17(21(25,26)27)18(9-13)22(28,29)30/h1-6,9-11,19H,7-8H2. The van der Waals surface area contributed by atoms with Crippen LogP contribution in [0.2, 0.25) is 0 Å². The smallest absolute Gasteiger partial charge is 0.218 e. The van der Waals surface area contributed by atoms with Crippen LogP contribution in [-0.4, -0.2) is 14.2 Å². The van der Waals surface area contributed by atoms with Crippen LogP contribution in [0.1, 0.15) is 35.1 Å². The van der Waals surface area contributed by atoms with Crippen LogP contribution in [-0.2, 0) is 22.2 Å². The van der Waals surface area contributed by atoms with Gasteiger partial charge in [0.1, 0.15) is 0 Å². The maximum atomic E-state index is 13.4. The van der Waals surface area contributed by atoms with Gasteiger partial charge in [-0.25, -0.2) is 8.42 Å². The number of alkyl halides is 8. The minimum absolute atomic E-state index is 0.0883. The summed E-state index contributed by atoms with van der Waals surface area (Å²) in [7, 11) is -4.83. The first-order valence-corrected chi connectivity index (χ1v) is 11.1. The maximum Gasteiger partial charge on any atom is 0.417 e. The van der Waals surface area contributed by atoms with E-state index in [-0.39, 0.29) is 11.1 Å². The summed E-state index contributed by atoms with van der Waals surface area (Å²) < 4.78 is 128. The summed E-state index contributed by atoms with van der Waals surface area (Å²) >= 11 is 0. The number of sulfone groups is 1. The van der Waals surface area contributed by atoms with Gasteiger partial charge in [0, 0.05) is 5.41 Å². The molecule has 0 aromatic heterocycles. The predicted octanol–water partition coefficient (Wildman–Crippen LogP) is 6.98. The predicted molar refractivity (Wildman–Crippen MR) is 104 cm³/mol. The molecule has 0 N–H and O–H groups in total. The molecule has 1 saturated carbocycles. The quantitative estimate of drug-likeness (QED) is 0.430. The Morgan fingerprint density at radius 2 is 1.21 bits per heavy atom. The highest BCUT2D eigenvalue weighted by Gasteiger charge is 2.45. The molecule has 0 heterocycles. The van der Waals surface area contributed by atoms with Crippen LogP contribution in [0.4, 0.5) is 35.1 Å². The van der Waals surface area contributed by atoms with Crippen molar-refractivity contribution >= 4 is 21.0 Å². The largest absolute Gasteiger partial charge is 0.417 e. The van der Waals surface area contributed by atoms with E-state index in [4.69, 9.17) is 0 Å². The Hall–Kier alpha value is -2.69. The van der Waals surface area contributed by atoms with Gasteiger partial charge in [-0.05, 0) is 59.4 Å². The Kier molecular flexibility index (Phi) is 5.27. The van der Waals surface area contributed by atoms with E-state index in [1.807, 2.05) is 0 Å². The lowest BCUT2D eigenvalue weighted by Crippen LogP contribution is -2.16. The third-order valence-corrected chi connectivity index (χ3v) is 7.05. The second kappa shape index (κ2) is 7.41. The number of hydrogen-bond donors (Lipinski definition) is 0. The Labute approximate surface area is 183 Å². The van der Waals surface area contributed by atoms with Crippen molar-refractivity contribution in [3.8, 4) is 0 Å². The van der Waals surface area contributed by atoms with Gasteiger partial charge in [0.25, 0.3) is 0 Å². The van der Waals surface area contributed by atoms with Crippen LogP contribution < -0.4 is 0 Å². The summed E-state index contributed by atoms with van der Waals surface area (Å²) in [4.78, 5) is -0.625. The van der Waals surface area contributed by atoms with Crippen molar-refractivity contribution in [2.45, 2.75) is 35.8 Å². The fourth-order valence-corrected chi connectivity index (χ4v) is 4.52. The molecule has 0 unspecified atom stereocenters. The molecule has 0 bridgehead atoms. The van der Waals surface area contributed by atoms with Gasteiger partial charge in [-0.3, -0.25) is 0 Å². The monoisotopic (exact) mass is 494 g/mol. The van der Waals surface area contributed by atoms with Crippen molar-refractivity contribution in [1.82, 2.24) is 0 Å². The van der Waals surface area contributed by atoms with Crippen LogP contribution in [0.15, 0.2) is 59.5 Å². The average molecular weight is 494 g/mol. The molecule has 2 aliphatic carbocycles. The lowest BCUT2D eigenvalue weighted by molar-refractivity contribution is -0.162. The number of allylic oxidation sites excluding steroid dienone is 4. The summed E-state index contributed by atoms with van der Waals surface area (Å²) in [6, 6.07) is 6.18. The highest BCUT2D eigenvalue weighted by atomic mass is 32.2. The highest BCUT2D eigenvalue weighted by Crippen LogP contribution is 2.58. The summed E-state index contributed by atoms with van der Waals surface area (Å²) in [6.45, 7) is 0.